The maximum Gasteiger partial charge on any atom is 0.267 e. The third-order valence-corrected chi connectivity index (χ3v) is 5.84. The second kappa shape index (κ2) is 10.1. The number of carbonyl (C=O) groups is 2. The summed E-state index contributed by atoms with van der Waals surface area (Å²) < 4.78 is 5.62. The van der Waals surface area contributed by atoms with Gasteiger partial charge >= 0.3 is 0 Å². The van der Waals surface area contributed by atoms with Crippen molar-refractivity contribution in [2.75, 3.05) is 24.7 Å². The monoisotopic (exact) mass is 434 g/mol. The van der Waals surface area contributed by atoms with Crippen molar-refractivity contribution in [3.05, 3.63) is 65.7 Å². The number of morpholine rings is 1. The number of nitrogens with zero attached hydrogens (tertiary/aromatic N) is 3. The molecular formula is C25H30N4O3. The largest absolute Gasteiger partial charge is 0.376 e. The molecule has 0 aliphatic carbocycles. The van der Waals surface area contributed by atoms with E-state index >= 15 is 0 Å². The smallest absolute Gasteiger partial charge is 0.267 e. The van der Waals surface area contributed by atoms with Gasteiger partial charge in [-0.15, -0.1) is 0 Å². The SMILES string of the molecule is CC(=O)C1CC(C(=O)NCc2cccc(CN3CCOC(C)C3)c2)=NN1c1ccccc1. The zero-order valence-corrected chi connectivity index (χ0v) is 18.7. The van der Waals surface area contributed by atoms with Gasteiger partial charge in [-0.2, -0.15) is 5.10 Å². The van der Waals surface area contributed by atoms with Gasteiger partial charge in [0.15, 0.2) is 5.78 Å². The van der Waals surface area contributed by atoms with E-state index < -0.39 is 6.04 Å². The van der Waals surface area contributed by atoms with E-state index in [1.807, 2.05) is 42.5 Å². The summed E-state index contributed by atoms with van der Waals surface area (Å²) in [7, 11) is 0. The van der Waals surface area contributed by atoms with Gasteiger partial charge in [0.25, 0.3) is 5.91 Å². The molecular weight excluding hydrogens is 404 g/mol. The molecule has 7 heteroatoms. The number of rotatable bonds is 7. The highest BCUT2D eigenvalue weighted by molar-refractivity contribution is 6.40. The minimum absolute atomic E-state index is 0.00876. The van der Waals surface area contributed by atoms with Gasteiger partial charge in [0.2, 0.25) is 0 Å². The highest BCUT2D eigenvalue weighted by Crippen LogP contribution is 2.25. The van der Waals surface area contributed by atoms with Crippen molar-refractivity contribution in [1.29, 1.82) is 0 Å². The third-order valence-electron chi connectivity index (χ3n) is 5.84. The Balaban J connectivity index is 1.37. The van der Waals surface area contributed by atoms with Crippen LogP contribution in [0.3, 0.4) is 0 Å². The Kier molecular flexibility index (Phi) is 6.97. The molecule has 2 aliphatic heterocycles. The van der Waals surface area contributed by atoms with Gasteiger partial charge in [-0.25, -0.2) is 0 Å². The Bertz CT molecular complexity index is 992. The number of ketones is 1. The highest BCUT2D eigenvalue weighted by atomic mass is 16.5. The molecule has 32 heavy (non-hydrogen) atoms. The van der Waals surface area contributed by atoms with E-state index in [0.717, 1.165) is 37.5 Å². The van der Waals surface area contributed by atoms with Gasteiger partial charge in [0, 0.05) is 32.6 Å². The number of anilines is 1. The molecule has 7 nitrogen and oxygen atoms in total. The number of hydrogen-bond donors (Lipinski definition) is 1. The first-order valence-electron chi connectivity index (χ1n) is 11.1. The van der Waals surface area contributed by atoms with E-state index in [9.17, 15) is 9.59 Å². The van der Waals surface area contributed by atoms with E-state index in [4.69, 9.17) is 4.74 Å². The fourth-order valence-corrected chi connectivity index (χ4v) is 4.20. The molecule has 0 spiro atoms. The van der Waals surface area contributed by atoms with Crippen molar-refractivity contribution in [3.8, 4) is 0 Å². The first kappa shape index (κ1) is 22.2. The number of benzene rings is 2. The van der Waals surface area contributed by atoms with Crippen LogP contribution in [0.2, 0.25) is 0 Å². The van der Waals surface area contributed by atoms with Crippen LogP contribution in [0.1, 0.15) is 31.4 Å². The van der Waals surface area contributed by atoms with Crippen molar-refractivity contribution < 1.29 is 14.3 Å². The van der Waals surface area contributed by atoms with Crippen molar-refractivity contribution in [3.63, 3.8) is 0 Å². The van der Waals surface area contributed by atoms with Crippen LogP contribution >= 0.6 is 0 Å². The summed E-state index contributed by atoms with van der Waals surface area (Å²) >= 11 is 0. The second-order valence-electron chi connectivity index (χ2n) is 8.48. The standard InChI is InChI=1S/C25H30N4O3/c1-18-16-28(11-12-32-18)17-21-8-6-7-20(13-21)15-26-25(31)23-14-24(19(2)30)29(27-23)22-9-4-3-5-10-22/h3-10,13,18,24H,11-12,14-17H2,1-2H3,(H,26,31). The molecule has 168 valence electrons. The lowest BCUT2D eigenvalue weighted by molar-refractivity contribution is -0.118. The Morgan fingerprint density at radius 1 is 1.12 bits per heavy atom. The van der Waals surface area contributed by atoms with Gasteiger partial charge < -0.3 is 10.1 Å². The maximum atomic E-state index is 12.8. The molecule has 4 rings (SSSR count). The van der Waals surface area contributed by atoms with E-state index in [-0.39, 0.29) is 17.8 Å². The van der Waals surface area contributed by atoms with Crippen LogP contribution in [0.15, 0.2) is 59.7 Å². The summed E-state index contributed by atoms with van der Waals surface area (Å²) in [5, 5.41) is 9.10. The normalized spacial score (nSPS) is 21.3. The Labute approximate surface area is 189 Å². The lowest BCUT2D eigenvalue weighted by atomic mass is 10.1. The minimum atomic E-state index is -0.447. The summed E-state index contributed by atoms with van der Waals surface area (Å²) in [6, 6.07) is 17.3. The molecule has 0 radical (unpaired) electrons. The fraction of sp³-hybridized carbons (Fsp3) is 0.400. The molecule has 2 aromatic carbocycles. The second-order valence-corrected chi connectivity index (χ2v) is 8.48. The van der Waals surface area contributed by atoms with Crippen LogP contribution < -0.4 is 10.3 Å². The first-order valence-corrected chi connectivity index (χ1v) is 11.1. The molecule has 2 aromatic rings. The lowest BCUT2D eigenvalue weighted by Crippen LogP contribution is -2.40. The molecule has 2 unspecified atom stereocenters. The first-order chi connectivity index (χ1) is 15.5. The van der Waals surface area contributed by atoms with Gasteiger partial charge in [0.05, 0.1) is 18.4 Å². The predicted molar refractivity (Wildman–Crippen MR) is 124 cm³/mol. The van der Waals surface area contributed by atoms with Crippen LogP contribution in [-0.4, -0.2) is 54.1 Å². The number of ether oxygens (including phenoxy) is 1. The molecule has 0 saturated carbocycles. The number of amides is 1. The van der Waals surface area contributed by atoms with Crippen molar-refractivity contribution in [1.82, 2.24) is 10.2 Å². The summed E-state index contributed by atoms with van der Waals surface area (Å²) in [4.78, 5) is 27.3. The van der Waals surface area contributed by atoms with E-state index in [0.29, 0.717) is 18.7 Å². The molecule has 0 bridgehead atoms. The van der Waals surface area contributed by atoms with Crippen molar-refractivity contribution in [2.24, 2.45) is 5.10 Å². The quantitative estimate of drug-likeness (QED) is 0.725. The fourth-order valence-electron chi connectivity index (χ4n) is 4.20. The molecule has 2 aliphatic rings. The van der Waals surface area contributed by atoms with Crippen LogP contribution in [0.5, 0.6) is 0 Å². The molecule has 0 aromatic heterocycles. The van der Waals surface area contributed by atoms with Gasteiger partial charge in [0.1, 0.15) is 11.8 Å². The Morgan fingerprint density at radius 3 is 2.66 bits per heavy atom. The molecule has 1 N–H and O–H groups in total. The summed E-state index contributed by atoms with van der Waals surface area (Å²) in [5.74, 6) is -0.243. The molecule has 1 amide bonds. The lowest BCUT2D eigenvalue weighted by Gasteiger charge is -2.31. The van der Waals surface area contributed by atoms with Gasteiger partial charge in [-0.3, -0.25) is 19.5 Å². The van der Waals surface area contributed by atoms with E-state index in [2.05, 4.69) is 34.4 Å². The molecule has 2 atom stereocenters. The van der Waals surface area contributed by atoms with Gasteiger partial charge in [-0.05, 0) is 37.1 Å². The number of hydrazone groups is 1. The van der Waals surface area contributed by atoms with Crippen LogP contribution in [0.4, 0.5) is 5.69 Å². The number of nitrogens with one attached hydrogen (secondary N) is 1. The van der Waals surface area contributed by atoms with Crippen LogP contribution in [-0.2, 0) is 27.4 Å². The summed E-state index contributed by atoms with van der Waals surface area (Å²) in [6.45, 7) is 7.55. The van der Waals surface area contributed by atoms with Crippen molar-refractivity contribution in [2.45, 2.75) is 45.5 Å². The van der Waals surface area contributed by atoms with Crippen molar-refractivity contribution >= 4 is 23.1 Å². The molecule has 1 fully saturated rings. The topological polar surface area (TPSA) is 74.2 Å². The number of para-hydroxylation sites is 1. The zero-order valence-electron chi connectivity index (χ0n) is 18.7. The molecule has 1 saturated heterocycles. The third kappa shape index (κ3) is 5.41. The predicted octanol–water partition coefficient (Wildman–Crippen LogP) is 2.75. The van der Waals surface area contributed by atoms with Crippen LogP contribution in [0.25, 0.3) is 0 Å². The average Bonchev–Trinajstić information content (AvgIpc) is 3.24. The highest BCUT2D eigenvalue weighted by Gasteiger charge is 2.34. The number of hydrogen-bond acceptors (Lipinski definition) is 6. The Hall–Kier alpha value is -3.03. The molecule has 2 heterocycles. The minimum Gasteiger partial charge on any atom is -0.376 e. The number of carbonyl (C=O) groups excluding carboxylic acids is 2. The maximum absolute atomic E-state index is 12.8. The summed E-state index contributed by atoms with van der Waals surface area (Å²) in [6.07, 6.45) is 0.568. The summed E-state index contributed by atoms with van der Waals surface area (Å²) in [5.41, 5.74) is 3.45. The van der Waals surface area contributed by atoms with Crippen LogP contribution in [0, 0.1) is 0 Å². The Morgan fingerprint density at radius 2 is 1.91 bits per heavy atom. The number of Topliss-reactive ketones (excluding diaryl/α,β-unsaturated/α-hetero) is 1. The van der Waals surface area contributed by atoms with E-state index in [1.165, 1.54) is 12.5 Å². The van der Waals surface area contributed by atoms with Gasteiger partial charge in [-0.1, -0.05) is 42.5 Å². The average molecular weight is 435 g/mol. The zero-order chi connectivity index (χ0) is 22.5. The van der Waals surface area contributed by atoms with E-state index in [1.54, 1.807) is 5.01 Å².